The Kier molecular flexibility index (Phi) is 7.51. The normalized spacial score (nSPS) is 12.6. The van der Waals surface area contributed by atoms with Gasteiger partial charge >= 0.3 is 18.0 Å². The van der Waals surface area contributed by atoms with Gasteiger partial charge in [-0.05, 0) is 24.6 Å². The van der Waals surface area contributed by atoms with Crippen LogP contribution in [0.5, 0.6) is 5.75 Å². The molecule has 1 unspecified atom stereocenters. The lowest BCUT2D eigenvalue weighted by molar-refractivity contribution is -0.514. The van der Waals surface area contributed by atoms with Crippen molar-refractivity contribution in [2.45, 2.75) is 25.3 Å². The Morgan fingerprint density at radius 2 is 1.76 bits per heavy atom. The fourth-order valence-electron chi connectivity index (χ4n) is 2.28. The zero-order chi connectivity index (χ0) is 19.0. The van der Waals surface area contributed by atoms with Gasteiger partial charge in [-0.25, -0.2) is 9.59 Å². The highest BCUT2D eigenvalue weighted by molar-refractivity contribution is 6.33. The minimum atomic E-state index is -1.83. The van der Waals surface area contributed by atoms with Crippen molar-refractivity contribution < 1.29 is 33.5 Å². The van der Waals surface area contributed by atoms with E-state index in [4.69, 9.17) is 9.47 Å². The summed E-state index contributed by atoms with van der Waals surface area (Å²) in [5.41, 5.74) is 0.327. The summed E-state index contributed by atoms with van der Waals surface area (Å²) in [6, 6.07) is 4.22. The third-order valence-corrected chi connectivity index (χ3v) is 3.50. The van der Waals surface area contributed by atoms with Gasteiger partial charge in [0, 0.05) is 11.3 Å². The molecule has 0 saturated heterocycles. The fourth-order valence-corrected chi connectivity index (χ4v) is 2.28. The molecule has 9 heteroatoms. The number of hydrogen-bond donors (Lipinski definition) is 0. The van der Waals surface area contributed by atoms with Gasteiger partial charge in [-0.15, -0.1) is 0 Å². The molecule has 0 aliphatic rings. The minimum absolute atomic E-state index is 0.0521. The van der Waals surface area contributed by atoms with Crippen molar-refractivity contribution in [2.24, 2.45) is 0 Å². The Morgan fingerprint density at radius 1 is 1.16 bits per heavy atom. The number of rotatable bonds is 9. The number of carbonyl (C=O) groups excluding carboxylic acids is 3. The molecule has 0 saturated carbocycles. The van der Waals surface area contributed by atoms with E-state index in [0.717, 1.165) is 7.11 Å². The second-order valence-electron chi connectivity index (χ2n) is 4.98. The van der Waals surface area contributed by atoms with Crippen LogP contribution in [0.3, 0.4) is 0 Å². The van der Waals surface area contributed by atoms with E-state index in [9.17, 15) is 24.5 Å². The third kappa shape index (κ3) is 5.27. The zero-order valence-corrected chi connectivity index (χ0v) is 14.1. The molecule has 1 aromatic rings. The van der Waals surface area contributed by atoms with Crippen molar-refractivity contribution in [3.8, 4) is 5.75 Å². The van der Waals surface area contributed by atoms with Crippen LogP contribution in [0, 0.1) is 10.1 Å². The molecule has 25 heavy (non-hydrogen) atoms. The van der Waals surface area contributed by atoms with Crippen LogP contribution in [0.2, 0.25) is 0 Å². The van der Waals surface area contributed by atoms with Crippen molar-refractivity contribution in [1.29, 1.82) is 0 Å². The SMILES string of the molecule is CCOC(=O)C([C@H](CC(=O)C(=O)OC)c1ccc(OC)cc1)[N+](=O)[O-]. The Bertz CT molecular complexity index is 640. The van der Waals surface area contributed by atoms with E-state index in [1.54, 1.807) is 0 Å². The van der Waals surface area contributed by atoms with E-state index in [-0.39, 0.29) is 6.61 Å². The summed E-state index contributed by atoms with van der Waals surface area (Å²) >= 11 is 0. The number of nitro groups is 1. The summed E-state index contributed by atoms with van der Waals surface area (Å²) in [6.45, 7) is 1.46. The summed E-state index contributed by atoms with van der Waals surface area (Å²) in [6.07, 6.45) is -0.566. The molecule has 0 bridgehead atoms. The number of Topliss-reactive ketones (excluding diaryl/α,β-unsaturated/α-hetero) is 1. The molecular formula is C16H19NO8. The number of ketones is 1. The number of benzene rings is 1. The quantitative estimate of drug-likeness (QED) is 0.280. The predicted molar refractivity (Wildman–Crippen MR) is 84.8 cm³/mol. The molecule has 1 aromatic carbocycles. The fraction of sp³-hybridized carbons (Fsp3) is 0.438. The second-order valence-corrected chi connectivity index (χ2v) is 4.98. The van der Waals surface area contributed by atoms with E-state index >= 15 is 0 Å². The zero-order valence-electron chi connectivity index (χ0n) is 14.1. The van der Waals surface area contributed by atoms with Crippen molar-refractivity contribution in [1.82, 2.24) is 0 Å². The molecule has 0 N–H and O–H groups in total. The molecule has 0 fully saturated rings. The van der Waals surface area contributed by atoms with Gasteiger partial charge in [0.25, 0.3) is 0 Å². The number of hydrogen-bond acceptors (Lipinski definition) is 8. The molecule has 0 radical (unpaired) electrons. The molecular weight excluding hydrogens is 334 g/mol. The van der Waals surface area contributed by atoms with Crippen LogP contribution in [0.25, 0.3) is 0 Å². The Morgan fingerprint density at radius 3 is 2.20 bits per heavy atom. The summed E-state index contributed by atoms with van der Waals surface area (Å²) in [5, 5.41) is 11.4. The maximum Gasteiger partial charge on any atom is 0.382 e. The first kappa shape index (κ1) is 20.1. The van der Waals surface area contributed by atoms with Crippen LogP contribution < -0.4 is 4.74 Å². The summed E-state index contributed by atoms with van der Waals surface area (Å²) in [7, 11) is 2.48. The van der Waals surface area contributed by atoms with Crippen LogP contribution in [0.4, 0.5) is 0 Å². The molecule has 136 valence electrons. The molecule has 9 nitrogen and oxygen atoms in total. The molecule has 0 heterocycles. The first-order valence-corrected chi connectivity index (χ1v) is 7.40. The second kappa shape index (κ2) is 9.36. The summed E-state index contributed by atoms with van der Waals surface area (Å²) < 4.78 is 14.1. The first-order valence-electron chi connectivity index (χ1n) is 7.40. The van der Waals surface area contributed by atoms with Crippen LogP contribution in [-0.4, -0.2) is 49.5 Å². The topological polar surface area (TPSA) is 122 Å². The van der Waals surface area contributed by atoms with E-state index in [1.807, 2.05) is 0 Å². The average molecular weight is 353 g/mol. The molecule has 0 amide bonds. The van der Waals surface area contributed by atoms with Crippen molar-refractivity contribution in [2.75, 3.05) is 20.8 Å². The first-order chi connectivity index (χ1) is 11.8. The van der Waals surface area contributed by atoms with Gasteiger partial charge in [0.1, 0.15) is 5.75 Å². The van der Waals surface area contributed by atoms with Gasteiger partial charge in [-0.3, -0.25) is 14.9 Å². The third-order valence-electron chi connectivity index (χ3n) is 3.50. The Balaban J connectivity index is 3.27. The van der Waals surface area contributed by atoms with Crippen molar-refractivity contribution >= 4 is 17.7 Å². The number of nitrogens with zero attached hydrogens (tertiary/aromatic N) is 1. The number of esters is 2. The maximum atomic E-state index is 12.0. The highest BCUT2D eigenvalue weighted by Crippen LogP contribution is 2.28. The van der Waals surface area contributed by atoms with E-state index < -0.39 is 41.0 Å². The van der Waals surface area contributed by atoms with Gasteiger partial charge in [0.15, 0.2) is 0 Å². The molecule has 0 spiro atoms. The van der Waals surface area contributed by atoms with Crippen molar-refractivity contribution in [3.63, 3.8) is 0 Å². The standard InChI is InChI=1S/C16H19NO8/c1-4-25-16(20)14(17(21)22)12(9-13(18)15(19)24-3)10-5-7-11(23-2)8-6-10/h5-8,12,14H,4,9H2,1-3H3/t12-,14?/m1/s1. The van der Waals surface area contributed by atoms with E-state index in [1.165, 1.54) is 38.3 Å². The summed E-state index contributed by atoms with van der Waals surface area (Å²) in [5.74, 6) is -3.88. The Hall–Kier alpha value is -2.97. The van der Waals surface area contributed by atoms with Gasteiger partial charge in [0.2, 0.25) is 5.78 Å². The lowest BCUT2D eigenvalue weighted by Gasteiger charge is -2.19. The van der Waals surface area contributed by atoms with E-state index in [2.05, 4.69) is 4.74 Å². The summed E-state index contributed by atoms with van der Waals surface area (Å²) in [4.78, 5) is 45.9. The van der Waals surface area contributed by atoms with Gasteiger partial charge in [0.05, 0.1) is 26.7 Å². The monoisotopic (exact) mass is 353 g/mol. The van der Waals surface area contributed by atoms with Gasteiger partial charge in [-0.2, -0.15) is 0 Å². The smallest absolute Gasteiger partial charge is 0.382 e. The number of methoxy groups -OCH3 is 2. The van der Waals surface area contributed by atoms with Crippen molar-refractivity contribution in [3.05, 3.63) is 39.9 Å². The van der Waals surface area contributed by atoms with Crippen LogP contribution >= 0.6 is 0 Å². The van der Waals surface area contributed by atoms with Crippen LogP contribution in [-0.2, 0) is 23.9 Å². The van der Waals surface area contributed by atoms with Crippen LogP contribution in [0.15, 0.2) is 24.3 Å². The number of carbonyl (C=O) groups is 3. The van der Waals surface area contributed by atoms with Crippen LogP contribution in [0.1, 0.15) is 24.8 Å². The largest absolute Gasteiger partial charge is 0.497 e. The van der Waals surface area contributed by atoms with E-state index in [0.29, 0.717) is 11.3 Å². The lowest BCUT2D eigenvalue weighted by Crippen LogP contribution is -2.39. The predicted octanol–water partition coefficient (Wildman–Crippen LogP) is 1.12. The molecule has 0 aliphatic heterocycles. The van der Waals surface area contributed by atoms with Gasteiger partial charge < -0.3 is 14.2 Å². The number of ether oxygens (including phenoxy) is 3. The average Bonchev–Trinajstić information content (AvgIpc) is 2.60. The molecule has 0 aliphatic carbocycles. The van der Waals surface area contributed by atoms with Gasteiger partial charge in [-0.1, -0.05) is 12.1 Å². The Labute approximate surface area is 144 Å². The minimum Gasteiger partial charge on any atom is -0.497 e. The maximum absolute atomic E-state index is 12.0. The molecule has 0 aromatic heterocycles. The highest BCUT2D eigenvalue weighted by atomic mass is 16.6. The molecule has 1 rings (SSSR count). The highest BCUT2D eigenvalue weighted by Gasteiger charge is 2.43. The lowest BCUT2D eigenvalue weighted by atomic mass is 9.87. The molecule has 2 atom stereocenters.